The molecule has 0 atom stereocenters. The fraction of sp³-hybridized carbons (Fsp3) is 0.214. The quantitative estimate of drug-likeness (QED) is 0.888. The van der Waals surface area contributed by atoms with E-state index in [0.29, 0.717) is 12.1 Å². The van der Waals surface area contributed by atoms with E-state index in [1.54, 1.807) is 6.20 Å². The van der Waals surface area contributed by atoms with Crippen LogP contribution in [0.3, 0.4) is 0 Å². The molecular weight excluding hydrogens is 245 g/mol. The zero-order valence-electron chi connectivity index (χ0n) is 10.9. The lowest BCUT2D eigenvalue weighted by Crippen LogP contribution is -2.13. The van der Waals surface area contributed by atoms with E-state index in [0.717, 1.165) is 11.5 Å². The summed E-state index contributed by atoms with van der Waals surface area (Å²) in [5.74, 6) is 0.496. The van der Waals surface area contributed by atoms with Crippen LogP contribution in [0.2, 0.25) is 0 Å². The van der Waals surface area contributed by atoms with E-state index >= 15 is 0 Å². The fourth-order valence-electron chi connectivity index (χ4n) is 1.78. The highest BCUT2D eigenvalue weighted by Crippen LogP contribution is 2.23. The molecule has 1 aromatic heterocycles. The number of pyridine rings is 1. The molecule has 0 saturated heterocycles. The van der Waals surface area contributed by atoms with E-state index in [1.165, 1.54) is 18.2 Å². The summed E-state index contributed by atoms with van der Waals surface area (Å²) in [6, 6.07) is 7.60. The van der Waals surface area contributed by atoms with Crippen molar-refractivity contribution >= 4 is 11.5 Å². The van der Waals surface area contributed by atoms with Gasteiger partial charge in [-0.25, -0.2) is 9.37 Å². The van der Waals surface area contributed by atoms with Crippen LogP contribution in [0.25, 0.3) is 0 Å². The van der Waals surface area contributed by atoms with Crippen molar-refractivity contribution in [2.45, 2.75) is 6.54 Å². The summed E-state index contributed by atoms with van der Waals surface area (Å²) < 4.78 is 13.1. The maximum Gasteiger partial charge on any atom is 0.151 e. The molecule has 2 aromatic rings. The molecule has 1 heterocycles. The number of hydrogen-bond donors (Lipinski definition) is 2. The van der Waals surface area contributed by atoms with E-state index in [9.17, 15) is 9.50 Å². The topological polar surface area (TPSA) is 48.4 Å². The predicted octanol–water partition coefficient (Wildman–Crippen LogP) is 2.60. The van der Waals surface area contributed by atoms with Crippen LogP contribution in [0.15, 0.2) is 36.5 Å². The fourth-order valence-corrected chi connectivity index (χ4v) is 1.78. The second kappa shape index (κ2) is 5.56. The van der Waals surface area contributed by atoms with Crippen molar-refractivity contribution in [3.8, 4) is 5.75 Å². The largest absolute Gasteiger partial charge is 0.508 e. The van der Waals surface area contributed by atoms with Gasteiger partial charge in [-0.15, -0.1) is 0 Å². The molecule has 0 aliphatic rings. The third-order valence-electron chi connectivity index (χ3n) is 2.72. The van der Waals surface area contributed by atoms with Crippen LogP contribution in [-0.2, 0) is 6.54 Å². The summed E-state index contributed by atoms with van der Waals surface area (Å²) in [5.41, 5.74) is 1.34. The molecule has 0 unspecified atom stereocenters. The van der Waals surface area contributed by atoms with Crippen LogP contribution in [0, 0.1) is 5.82 Å². The van der Waals surface area contributed by atoms with Crippen LogP contribution in [0.1, 0.15) is 5.56 Å². The Labute approximate surface area is 111 Å². The summed E-state index contributed by atoms with van der Waals surface area (Å²) >= 11 is 0. The van der Waals surface area contributed by atoms with Gasteiger partial charge in [-0.05, 0) is 30.3 Å². The minimum Gasteiger partial charge on any atom is -0.508 e. The second-order valence-corrected chi connectivity index (χ2v) is 4.40. The molecule has 0 bridgehead atoms. The summed E-state index contributed by atoms with van der Waals surface area (Å²) in [5, 5.41) is 12.8. The molecule has 0 fully saturated rings. The van der Waals surface area contributed by atoms with Crippen molar-refractivity contribution in [3.05, 3.63) is 47.9 Å². The zero-order valence-corrected chi connectivity index (χ0v) is 10.9. The number of aromatic hydroxyl groups is 1. The summed E-state index contributed by atoms with van der Waals surface area (Å²) in [7, 11) is 3.79. The Morgan fingerprint density at radius 1 is 1.32 bits per heavy atom. The van der Waals surface area contributed by atoms with Gasteiger partial charge < -0.3 is 15.3 Å². The first-order valence-electron chi connectivity index (χ1n) is 5.91. The highest BCUT2D eigenvalue weighted by Gasteiger charge is 2.07. The molecule has 0 saturated carbocycles. The Bertz CT molecular complexity index is 572. The van der Waals surface area contributed by atoms with E-state index in [2.05, 4.69) is 10.3 Å². The molecule has 2 N–H and O–H groups in total. The van der Waals surface area contributed by atoms with Crippen LogP contribution in [-0.4, -0.2) is 24.2 Å². The number of nitrogens with zero attached hydrogens (tertiary/aromatic N) is 2. The predicted molar refractivity (Wildman–Crippen MR) is 74.0 cm³/mol. The Morgan fingerprint density at radius 3 is 2.84 bits per heavy atom. The summed E-state index contributed by atoms with van der Waals surface area (Å²) in [6.07, 6.45) is 1.71. The monoisotopic (exact) mass is 261 g/mol. The number of nitrogens with one attached hydrogen (secondary N) is 1. The summed E-state index contributed by atoms with van der Waals surface area (Å²) in [4.78, 5) is 6.14. The standard InChI is InChI=1S/C14H16FN3O/c1-18(2)14-12(4-3-7-16-14)17-9-10-8-11(15)5-6-13(10)19/h3-8,17,19H,9H2,1-2H3. The Hall–Kier alpha value is -2.30. The van der Waals surface area contributed by atoms with Gasteiger partial charge in [0, 0.05) is 32.4 Å². The third-order valence-corrected chi connectivity index (χ3v) is 2.72. The van der Waals surface area contributed by atoms with Crippen molar-refractivity contribution in [1.29, 1.82) is 0 Å². The third kappa shape index (κ3) is 3.13. The maximum absolute atomic E-state index is 13.1. The van der Waals surface area contributed by atoms with Crippen molar-refractivity contribution in [2.24, 2.45) is 0 Å². The number of phenolic OH excluding ortho intramolecular Hbond substituents is 1. The molecule has 0 aliphatic heterocycles. The van der Waals surface area contributed by atoms with Crippen molar-refractivity contribution in [2.75, 3.05) is 24.3 Å². The number of rotatable bonds is 4. The molecule has 0 aliphatic carbocycles. The average Bonchev–Trinajstić information content (AvgIpc) is 2.40. The number of benzene rings is 1. The Kier molecular flexibility index (Phi) is 3.85. The van der Waals surface area contributed by atoms with E-state index < -0.39 is 0 Å². The average molecular weight is 261 g/mol. The Morgan fingerprint density at radius 2 is 2.11 bits per heavy atom. The molecule has 0 radical (unpaired) electrons. The Balaban J connectivity index is 2.17. The lowest BCUT2D eigenvalue weighted by molar-refractivity contribution is 0.466. The van der Waals surface area contributed by atoms with Crippen LogP contribution in [0.5, 0.6) is 5.75 Å². The summed E-state index contributed by atoms with van der Waals surface area (Å²) in [6.45, 7) is 0.329. The van der Waals surface area contributed by atoms with E-state index in [-0.39, 0.29) is 11.6 Å². The van der Waals surface area contributed by atoms with E-state index in [4.69, 9.17) is 0 Å². The SMILES string of the molecule is CN(C)c1ncccc1NCc1cc(F)ccc1O. The van der Waals surface area contributed by atoms with Crippen LogP contribution < -0.4 is 10.2 Å². The van der Waals surface area contributed by atoms with Gasteiger partial charge >= 0.3 is 0 Å². The lowest BCUT2D eigenvalue weighted by atomic mass is 10.2. The maximum atomic E-state index is 13.1. The molecule has 1 aromatic carbocycles. The zero-order chi connectivity index (χ0) is 13.8. The highest BCUT2D eigenvalue weighted by atomic mass is 19.1. The van der Waals surface area contributed by atoms with Gasteiger partial charge in [-0.2, -0.15) is 0 Å². The van der Waals surface area contributed by atoms with Crippen molar-refractivity contribution in [3.63, 3.8) is 0 Å². The molecule has 100 valence electrons. The number of halogens is 1. The molecule has 0 amide bonds. The first-order chi connectivity index (χ1) is 9.08. The molecular formula is C14H16FN3O. The minimum absolute atomic E-state index is 0.0733. The smallest absolute Gasteiger partial charge is 0.151 e. The number of anilines is 2. The first kappa shape index (κ1) is 13.1. The molecule has 2 rings (SSSR count). The van der Waals surface area contributed by atoms with Crippen LogP contribution >= 0.6 is 0 Å². The van der Waals surface area contributed by atoms with Crippen molar-refractivity contribution < 1.29 is 9.50 Å². The van der Waals surface area contributed by atoms with Gasteiger partial charge in [0.25, 0.3) is 0 Å². The van der Waals surface area contributed by atoms with Gasteiger partial charge in [0.15, 0.2) is 5.82 Å². The van der Waals surface area contributed by atoms with Crippen molar-refractivity contribution in [1.82, 2.24) is 4.98 Å². The lowest BCUT2D eigenvalue weighted by Gasteiger charge is -2.17. The molecule has 0 spiro atoms. The van der Waals surface area contributed by atoms with Gasteiger partial charge in [-0.1, -0.05) is 0 Å². The second-order valence-electron chi connectivity index (χ2n) is 4.40. The minimum atomic E-state index is -0.367. The van der Waals surface area contributed by atoms with Crippen LogP contribution in [0.4, 0.5) is 15.9 Å². The normalized spacial score (nSPS) is 10.3. The number of phenols is 1. The number of aromatic nitrogens is 1. The van der Waals surface area contributed by atoms with Gasteiger partial charge in [0.2, 0.25) is 0 Å². The highest BCUT2D eigenvalue weighted by molar-refractivity contribution is 5.64. The van der Waals surface area contributed by atoms with Gasteiger partial charge in [0.05, 0.1) is 5.69 Å². The number of hydrogen-bond acceptors (Lipinski definition) is 4. The van der Waals surface area contributed by atoms with Gasteiger partial charge in [-0.3, -0.25) is 0 Å². The molecule has 5 heteroatoms. The first-order valence-corrected chi connectivity index (χ1v) is 5.91. The molecule has 19 heavy (non-hydrogen) atoms. The van der Waals surface area contributed by atoms with Gasteiger partial charge in [0.1, 0.15) is 11.6 Å². The van der Waals surface area contributed by atoms with E-state index in [1.807, 2.05) is 31.1 Å². The molecule has 4 nitrogen and oxygen atoms in total.